The molecular weight excluding hydrogens is 456 g/mol. The van der Waals surface area contributed by atoms with Gasteiger partial charge in [-0.05, 0) is 69.4 Å². The molecule has 2 aliphatic rings. The molecule has 0 saturated carbocycles. The number of ether oxygens (including phenoxy) is 2. The average Bonchev–Trinajstić information content (AvgIpc) is 3.27. The first-order chi connectivity index (χ1) is 16.2. The number of esters is 1. The van der Waals surface area contributed by atoms with Crippen molar-refractivity contribution in [1.82, 2.24) is 4.90 Å². The van der Waals surface area contributed by atoms with Crippen molar-refractivity contribution >= 4 is 27.6 Å². The minimum atomic E-state index is -3.90. The summed E-state index contributed by atoms with van der Waals surface area (Å²) in [6.07, 6.45) is 3.51. The maximum absolute atomic E-state index is 13.4. The predicted octanol–water partition coefficient (Wildman–Crippen LogP) is 3.39. The van der Waals surface area contributed by atoms with Gasteiger partial charge in [0.2, 0.25) is 0 Å². The van der Waals surface area contributed by atoms with Crippen molar-refractivity contribution < 1.29 is 27.5 Å². The molecule has 0 aliphatic carbocycles. The summed E-state index contributed by atoms with van der Waals surface area (Å²) < 4.78 is 38.7. The van der Waals surface area contributed by atoms with E-state index in [0.717, 1.165) is 24.8 Å². The first-order valence-electron chi connectivity index (χ1n) is 11.5. The van der Waals surface area contributed by atoms with Gasteiger partial charge in [0.05, 0.1) is 17.7 Å². The summed E-state index contributed by atoms with van der Waals surface area (Å²) in [6, 6.07) is 11.6. The predicted molar refractivity (Wildman–Crippen MR) is 128 cm³/mol. The first-order valence-corrected chi connectivity index (χ1v) is 12.9. The Morgan fingerprint density at radius 3 is 2.47 bits per heavy atom. The third-order valence-electron chi connectivity index (χ3n) is 6.63. The molecule has 2 heterocycles. The van der Waals surface area contributed by atoms with Crippen LogP contribution in [-0.2, 0) is 26.0 Å². The molecule has 1 amide bonds. The zero-order valence-corrected chi connectivity index (χ0v) is 20.5. The number of carbonyl (C=O) groups is 2. The Kier molecular flexibility index (Phi) is 6.84. The fourth-order valence-corrected chi connectivity index (χ4v) is 6.41. The van der Waals surface area contributed by atoms with Crippen LogP contribution in [0.5, 0.6) is 5.75 Å². The minimum absolute atomic E-state index is 0.0383. The van der Waals surface area contributed by atoms with Crippen molar-refractivity contribution in [3.63, 3.8) is 0 Å². The lowest BCUT2D eigenvalue weighted by atomic mass is 9.97. The Morgan fingerprint density at radius 1 is 1.06 bits per heavy atom. The lowest BCUT2D eigenvalue weighted by molar-refractivity contribution is -0.140. The fourth-order valence-electron chi connectivity index (χ4n) is 4.88. The maximum atomic E-state index is 13.4. The Balaban J connectivity index is 1.54. The Labute approximate surface area is 200 Å². The average molecular weight is 487 g/mol. The van der Waals surface area contributed by atoms with Gasteiger partial charge in [-0.3, -0.25) is 9.10 Å². The monoisotopic (exact) mass is 486 g/mol. The third kappa shape index (κ3) is 4.49. The highest BCUT2D eigenvalue weighted by Gasteiger charge is 2.33. The minimum Gasteiger partial charge on any atom is -0.496 e. The second-order valence-electron chi connectivity index (χ2n) is 8.82. The van der Waals surface area contributed by atoms with E-state index in [-0.39, 0.29) is 34.2 Å². The summed E-state index contributed by atoms with van der Waals surface area (Å²) in [5.41, 5.74) is 1.56. The lowest BCUT2D eigenvalue weighted by Gasteiger charge is -2.38. The highest BCUT2D eigenvalue weighted by atomic mass is 32.2. The van der Waals surface area contributed by atoms with E-state index in [4.69, 9.17) is 9.47 Å². The van der Waals surface area contributed by atoms with Gasteiger partial charge in [0.1, 0.15) is 11.3 Å². The van der Waals surface area contributed by atoms with Gasteiger partial charge in [0, 0.05) is 18.6 Å². The molecule has 8 nitrogen and oxygen atoms in total. The first kappa shape index (κ1) is 24.1. The summed E-state index contributed by atoms with van der Waals surface area (Å²) >= 11 is 0. The molecule has 2 aliphatic heterocycles. The summed E-state index contributed by atoms with van der Waals surface area (Å²) in [6.45, 7) is 3.90. The lowest BCUT2D eigenvalue weighted by Crippen LogP contribution is -2.49. The number of para-hydroxylation sites is 1. The number of methoxy groups -OCH3 is 1. The van der Waals surface area contributed by atoms with E-state index in [1.165, 1.54) is 29.6 Å². The number of amides is 1. The standard InChI is InChI=1S/C25H30N2O6S/c1-17-7-6-8-18(2)27(17)24(28)16-33-25(29)21-15-20(11-12-23(21)32-3)34(30,31)26-14-13-19-9-4-5-10-22(19)26/h4-5,9-12,15,17-18H,6-8,13-14,16H2,1-3H3/t17-,18-/m0/s1. The van der Waals surface area contributed by atoms with Crippen molar-refractivity contribution in [2.45, 2.75) is 56.5 Å². The van der Waals surface area contributed by atoms with Crippen LogP contribution in [-0.4, -0.2) is 57.5 Å². The van der Waals surface area contributed by atoms with Crippen LogP contribution >= 0.6 is 0 Å². The van der Waals surface area contributed by atoms with Crippen LogP contribution in [0, 0.1) is 0 Å². The number of likely N-dealkylation sites (tertiary alicyclic amines) is 1. The summed E-state index contributed by atoms with van der Waals surface area (Å²) in [7, 11) is -2.51. The SMILES string of the molecule is COc1ccc(S(=O)(=O)N2CCc3ccccc32)cc1C(=O)OCC(=O)N1[C@@H](C)CCC[C@@H]1C. The molecule has 0 unspecified atom stereocenters. The molecule has 2 atom stereocenters. The third-order valence-corrected chi connectivity index (χ3v) is 8.44. The second-order valence-corrected chi connectivity index (χ2v) is 10.7. The van der Waals surface area contributed by atoms with E-state index in [2.05, 4.69) is 0 Å². The van der Waals surface area contributed by atoms with Crippen LogP contribution in [0.1, 0.15) is 49.0 Å². The number of hydrogen-bond donors (Lipinski definition) is 0. The molecule has 2 aromatic carbocycles. The molecule has 0 radical (unpaired) electrons. The Morgan fingerprint density at radius 2 is 1.76 bits per heavy atom. The summed E-state index contributed by atoms with van der Waals surface area (Å²) in [5.74, 6) is -0.885. The van der Waals surface area contributed by atoms with Crippen molar-refractivity contribution in [3.8, 4) is 5.75 Å². The van der Waals surface area contributed by atoms with Crippen LogP contribution < -0.4 is 9.04 Å². The van der Waals surface area contributed by atoms with E-state index in [0.29, 0.717) is 18.7 Å². The van der Waals surface area contributed by atoms with E-state index < -0.39 is 22.6 Å². The molecule has 0 bridgehead atoms. The summed E-state index contributed by atoms with van der Waals surface area (Å²) in [5, 5.41) is 0. The number of piperidine rings is 1. The van der Waals surface area contributed by atoms with Crippen molar-refractivity contribution in [2.75, 3.05) is 24.6 Å². The van der Waals surface area contributed by atoms with Gasteiger partial charge >= 0.3 is 5.97 Å². The number of carbonyl (C=O) groups excluding carboxylic acids is 2. The van der Waals surface area contributed by atoms with E-state index in [9.17, 15) is 18.0 Å². The fraction of sp³-hybridized carbons (Fsp3) is 0.440. The molecule has 2 aromatic rings. The molecule has 9 heteroatoms. The maximum Gasteiger partial charge on any atom is 0.342 e. The highest BCUT2D eigenvalue weighted by Crippen LogP contribution is 2.34. The number of rotatable bonds is 6. The molecule has 0 N–H and O–H groups in total. The molecule has 182 valence electrons. The molecule has 34 heavy (non-hydrogen) atoms. The number of hydrogen-bond acceptors (Lipinski definition) is 6. The molecule has 0 aromatic heterocycles. The normalized spacial score (nSPS) is 20.1. The van der Waals surface area contributed by atoms with Gasteiger partial charge in [-0.1, -0.05) is 18.2 Å². The molecule has 1 fully saturated rings. The Bertz CT molecular complexity index is 1190. The van der Waals surface area contributed by atoms with Crippen LogP contribution in [0.2, 0.25) is 0 Å². The number of nitrogens with zero attached hydrogens (tertiary/aromatic N) is 2. The van der Waals surface area contributed by atoms with Gasteiger partial charge in [0.25, 0.3) is 15.9 Å². The highest BCUT2D eigenvalue weighted by molar-refractivity contribution is 7.92. The topological polar surface area (TPSA) is 93.2 Å². The number of fused-ring (bicyclic) bond motifs is 1. The van der Waals surface area contributed by atoms with Crippen LogP contribution in [0.3, 0.4) is 0 Å². The van der Waals surface area contributed by atoms with Crippen molar-refractivity contribution in [2.24, 2.45) is 0 Å². The quantitative estimate of drug-likeness (QED) is 0.581. The number of anilines is 1. The van der Waals surface area contributed by atoms with Crippen LogP contribution in [0.4, 0.5) is 5.69 Å². The zero-order valence-electron chi connectivity index (χ0n) is 19.7. The van der Waals surface area contributed by atoms with Crippen LogP contribution in [0.15, 0.2) is 47.4 Å². The van der Waals surface area contributed by atoms with Gasteiger partial charge in [-0.25, -0.2) is 13.2 Å². The smallest absolute Gasteiger partial charge is 0.342 e. The Hall–Kier alpha value is -3.07. The van der Waals surface area contributed by atoms with Gasteiger partial charge in [0.15, 0.2) is 6.61 Å². The number of benzene rings is 2. The molecular formula is C25H30N2O6S. The van der Waals surface area contributed by atoms with E-state index in [1.54, 1.807) is 17.0 Å². The van der Waals surface area contributed by atoms with Crippen molar-refractivity contribution in [1.29, 1.82) is 0 Å². The summed E-state index contributed by atoms with van der Waals surface area (Å²) in [4.78, 5) is 27.4. The molecule has 4 rings (SSSR count). The van der Waals surface area contributed by atoms with Gasteiger partial charge < -0.3 is 14.4 Å². The molecule has 0 spiro atoms. The number of sulfonamides is 1. The van der Waals surface area contributed by atoms with Gasteiger partial charge in [-0.2, -0.15) is 0 Å². The van der Waals surface area contributed by atoms with Crippen molar-refractivity contribution in [3.05, 3.63) is 53.6 Å². The largest absolute Gasteiger partial charge is 0.496 e. The van der Waals surface area contributed by atoms with E-state index in [1.807, 2.05) is 26.0 Å². The van der Waals surface area contributed by atoms with E-state index >= 15 is 0 Å². The molecule has 1 saturated heterocycles. The second kappa shape index (κ2) is 9.66. The van der Waals surface area contributed by atoms with Gasteiger partial charge in [-0.15, -0.1) is 0 Å². The zero-order chi connectivity index (χ0) is 24.5. The van der Waals surface area contributed by atoms with Crippen LogP contribution in [0.25, 0.3) is 0 Å².